The number of nitrogens with zero attached hydrogens (tertiary/aromatic N) is 1. The number of rotatable bonds is 2. The maximum Gasteiger partial charge on any atom is 0.262 e. The highest BCUT2D eigenvalue weighted by atomic mass is 79.9. The average molecular weight is 309 g/mol. The molecule has 0 fully saturated rings. The largest absolute Gasteiger partial charge is 0.262 e. The predicted molar refractivity (Wildman–Crippen MR) is 61.6 cm³/mol. The molecule has 0 bridgehead atoms. The van der Waals surface area contributed by atoms with Crippen LogP contribution in [0.5, 0.6) is 0 Å². The van der Waals surface area contributed by atoms with Crippen LogP contribution >= 0.6 is 26.6 Å². The number of benzene rings is 1. The van der Waals surface area contributed by atoms with Crippen LogP contribution in [-0.2, 0) is 14.4 Å². The molecule has 0 atom stereocenters. The number of alkyl halides is 1. The van der Waals surface area contributed by atoms with Gasteiger partial charge in [0.05, 0.1) is 5.56 Å². The zero-order valence-electron chi connectivity index (χ0n) is 7.79. The van der Waals surface area contributed by atoms with Gasteiger partial charge in [-0.1, -0.05) is 22.0 Å². The lowest BCUT2D eigenvalue weighted by Crippen LogP contribution is -2.00. The van der Waals surface area contributed by atoms with Gasteiger partial charge in [-0.25, -0.2) is 8.42 Å². The molecule has 1 rings (SSSR count). The van der Waals surface area contributed by atoms with Crippen LogP contribution in [-0.4, -0.2) is 8.42 Å². The Morgan fingerprint density at radius 2 is 2.13 bits per heavy atom. The molecule has 0 amide bonds. The molecule has 0 radical (unpaired) electrons. The summed E-state index contributed by atoms with van der Waals surface area (Å²) in [5.41, 5.74) is 1.48. The van der Waals surface area contributed by atoms with E-state index >= 15 is 0 Å². The zero-order chi connectivity index (χ0) is 11.6. The summed E-state index contributed by atoms with van der Waals surface area (Å²) in [5.74, 6) is 0. The molecule has 1 aromatic rings. The minimum Gasteiger partial charge on any atom is -0.207 e. The second-order valence-electron chi connectivity index (χ2n) is 2.98. The SMILES string of the molecule is Cc1cc(CBr)c(C#N)c(S(=O)(=O)Cl)c1. The van der Waals surface area contributed by atoms with Gasteiger partial charge in [0.2, 0.25) is 0 Å². The van der Waals surface area contributed by atoms with Crippen molar-refractivity contribution in [3.05, 3.63) is 28.8 Å². The Kier molecular flexibility index (Phi) is 3.77. The van der Waals surface area contributed by atoms with Gasteiger partial charge in [-0.3, -0.25) is 0 Å². The third-order valence-electron chi connectivity index (χ3n) is 1.85. The Balaban J connectivity index is 3.66. The molecule has 0 aromatic heterocycles. The minimum atomic E-state index is -3.87. The molecule has 1 aromatic carbocycles. The molecule has 0 aliphatic heterocycles. The van der Waals surface area contributed by atoms with E-state index in [9.17, 15) is 8.42 Å². The van der Waals surface area contributed by atoms with Crippen LogP contribution < -0.4 is 0 Å². The first-order valence-electron chi connectivity index (χ1n) is 3.94. The fourth-order valence-electron chi connectivity index (χ4n) is 1.25. The van der Waals surface area contributed by atoms with Crippen LogP contribution in [0.2, 0.25) is 0 Å². The molecule has 0 aliphatic carbocycles. The van der Waals surface area contributed by atoms with E-state index in [1.54, 1.807) is 13.0 Å². The highest BCUT2D eigenvalue weighted by Gasteiger charge is 2.18. The Hall–Kier alpha value is -0.570. The summed E-state index contributed by atoms with van der Waals surface area (Å²) in [6.07, 6.45) is 0. The molecule has 0 aliphatic rings. The quantitative estimate of drug-likeness (QED) is 0.623. The maximum absolute atomic E-state index is 11.2. The molecule has 0 spiro atoms. The monoisotopic (exact) mass is 307 g/mol. The molecule has 80 valence electrons. The van der Waals surface area contributed by atoms with Gasteiger partial charge in [0.25, 0.3) is 9.05 Å². The molecule has 6 heteroatoms. The first-order chi connectivity index (χ1) is 6.90. The van der Waals surface area contributed by atoms with Crippen LogP contribution in [0.1, 0.15) is 16.7 Å². The molecule has 15 heavy (non-hydrogen) atoms. The van der Waals surface area contributed by atoms with E-state index in [0.29, 0.717) is 10.9 Å². The third-order valence-corrected chi connectivity index (χ3v) is 3.80. The Bertz CT molecular complexity index is 534. The van der Waals surface area contributed by atoms with Crippen molar-refractivity contribution >= 4 is 35.7 Å². The second kappa shape index (κ2) is 4.52. The Labute approximate surface area is 101 Å². The molecule has 0 N–H and O–H groups in total. The van der Waals surface area contributed by atoms with Crippen molar-refractivity contribution in [2.75, 3.05) is 0 Å². The van der Waals surface area contributed by atoms with Crippen molar-refractivity contribution < 1.29 is 8.42 Å². The summed E-state index contributed by atoms with van der Waals surface area (Å²) in [6, 6.07) is 5.00. The van der Waals surface area contributed by atoms with Crippen LogP contribution in [0.4, 0.5) is 0 Å². The Morgan fingerprint density at radius 1 is 1.53 bits per heavy atom. The molecular formula is C9H7BrClNO2S. The summed E-state index contributed by atoms with van der Waals surface area (Å²) in [5, 5.41) is 9.30. The summed E-state index contributed by atoms with van der Waals surface area (Å²) in [6.45, 7) is 1.75. The average Bonchev–Trinajstić information content (AvgIpc) is 2.15. The summed E-state index contributed by atoms with van der Waals surface area (Å²) >= 11 is 3.20. The second-order valence-corrected chi connectivity index (χ2v) is 6.08. The first-order valence-corrected chi connectivity index (χ1v) is 7.37. The van der Waals surface area contributed by atoms with Crippen molar-refractivity contribution in [2.24, 2.45) is 0 Å². The van der Waals surface area contributed by atoms with Crippen molar-refractivity contribution in [3.63, 3.8) is 0 Å². The normalized spacial score (nSPS) is 11.1. The van der Waals surface area contributed by atoms with E-state index in [1.165, 1.54) is 6.07 Å². The molecular weight excluding hydrogens is 302 g/mol. The van der Waals surface area contributed by atoms with E-state index < -0.39 is 9.05 Å². The molecule has 0 saturated carbocycles. The summed E-state index contributed by atoms with van der Waals surface area (Å²) in [7, 11) is 1.38. The van der Waals surface area contributed by atoms with Gasteiger partial charge in [0, 0.05) is 16.0 Å². The van der Waals surface area contributed by atoms with Crippen molar-refractivity contribution in [1.29, 1.82) is 5.26 Å². The van der Waals surface area contributed by atoms with Gasteiger partial charge >= 0.3 is 0 Å². The zero-order valence-corrected chi connectivity index (χ0v) is 10.9. The van der Waals surface area contributed by atoms with Gasteiger partial charge in [0.1, 0.15) is 11.0 Å². The molecule has 0 unspecified atom stereocenters. The summed E-state index contributed by atoms with van der Waals surface area (Å²) < 4.78 is 22.5. The van der Waals surface area contributed by atoms with Gasteiger partial charge < -0.3 is 0 Å². The van der Waals surface area contributed by atoms with Crippen LogP contribution in [0.15, 0.2) is 17.0 Å². The number of halogens is 2. The first kappa shape index (κ1) is 12.5. The fraction of sp³-hybridized carbons (Fsp3) is 0.222. The standard InChI is InChI=1S/C9H7BrClNO2S/c1-6-2-7(4-10)8(5-12)9(3-6)15(11,13)14/h2-3H,4H2,1H3. The van der Waals surface area contributed by atoms with Crippen LogP contribution in [0.3, 0.4) is 0 Å². The number of nitriles is 1. The van der Waals surface area contributed by atoms with Gasteiger partial charge in [-0.2, -0.15) is 5.26 Å². The number of hydrogen-bond acceptors (Lipinski definition) is 3. The van der Waals surface area contributed by atoms with Gasteiger partial charge in [0.15, 0.2) is 0 Å². The number of aryl methyl sites for hydroxylation is 1. The molecule has 0 saturated heterocycles. The number of hydrogen-bond donors (Lipinski definition) is 0. The highest BCUT2D eigenvalue weighted by Crippen LogP contribution is 2.25. The van der Waals surface area contributed by atoms with E-state index in [0.717, 1.165) is 5.56 Å². The summed E-state index contributed by atoms with van der Waals surface area (Å²) in [4.78, 5) is -0.124. The third kappa shape index (κ3) is 2.71. The molecule has 0 heterocycles. The lowest BCUT2D eigenvalue weighted by atomic mass is 10.1. The Morgan fingerprint density at radius 3 is 2.53 bits per heavy atom. The van der Waals surface area contributed by atoms with E-state index in [1.807, 2.05) is 6.07 Å². The molecule has 3 nitrogen and oxygen atoms in total. The van der Waals surface area contributed by atoms with Crippen LogP contribution in [0.25, 0.3) is 0 Å². The minimum absolute atomic E-state index is 0.104. The van der Waals surface area contributed by atoms with Crippen LogP contribution in [0, 0.1) is 18.3 Å². The van der Waals surface area contributed by atoms with Gasteiger partial charge in [-0.15, -0.1) is 0 Å². The van der Waals surface area contributed by atoms with Crippen molar-refractivity contribution in [2.45, 2.75) is 17.1 Å². The van der Waals surface area contributed by atoms with E-state index in [4.69, 9.17) is 15.9 Å². The highest BCUT2D eigenvalue weighted by molar-refractivity contribution is 9.08. The van der Waals surface area contributed by atoms with Crippen molar-refractivity contribution in [1.82, 2.24) is 0 Å². The van der Waals surface area contributed by atoms with E-state index in [2.05, 4.69) is 15.9 Å². The predicted octanol–water partition coefficient (Wildman–Crippen LogP) is 2.69. The smallest absolute Gasteiger partial charge is 0.207 e. The van der Waals surface area contributed by atoms with Gasteiger partial charge in [-0.05, 0) is 24.1 Å². The van der Waals surface area contributed by atoms with Crippen molar-refractivity contribution in [3.8, 4) is 6.07 Å². The lowest BCUT2D eigenvalue weighted by Gasteiger charge is -2.06. The maximum atomic E-state index is 11.2. The lowest BCUT2D eigenvalue weighted by molar-refractivity contribution is 0.609. The van der Waals surface area contributed by atoms with E-state index in [-0.39, 0.29) is 10.5 Å². The fourth-order valence-corrected chi connectivity index (χ4v) is 2.80. The topological polar surface area (TPSA) is 57.9 Å².